The standard InChI is InChI=1S/C7H12O4.ClH/c1-3-5(2)11-7(10)4-6(8)9;/h5H,3-4H2,1-2H3,(H,8,9);1H. The predicted octanol–water partition coefficient (Wildman–Crippen LogP) is 1.22. The summed E-state index contributed by atoms with van der Waals surface area (Å²) in [6.07, 6.45) is -0.0442. The summed E-state index contributed by atoms with van der Waals surface area (Å²) in [4.78, 5) is 20.6. The molecule has 12 heavy (non-hydrogen) atoms. The van der Waals surface area contributed by atoms with E-state index in [2.05, 4.69) is 0 Å². The van der Waals surface area contributed by atoms with Crippen LogP contribution in [0, 0.1) is 0 Å². The molecule has 1 N–H and O–H groups in total. The number of carbonyl (C=O) groups excluding carboxylic acids is 1. The van der Waals surface area contributed by atoms with E-state index in [-0.39, 0.29) is 18.5 Å². The van der Waals surface area contributed by atoms with Crippen LogP contribution in [0.5, 0.6) is 0 Å². The van der Waals surface area contributed by atoms with E-state index >= 15 is 0 Å². The fourth-order valence-corrected chi connectivity index (χ4v) is 0.473. The monoisotopic (exact) mass is 196 g/mol. The van der Waals surface area contributed by atoms with Gasteiger partial charge in [-0.3, -0.25) is 9.59 Å². The normalized spacial score (nSPS) is 11.2. The smallest absolute Gasteiger partial charge is 0.317 e. The first-order valence-electron chi connectivity index (χ1n) is 3.47. The van der Waals surface area contributed by atoms with Gasteiger partial charge in [-0.1, -0.05) is 6.92 Å². The van der Waals surface area contributed by atoms with Crippen LogP contribution in [0.3, 0.4) is 0 Å². The molecule has 0 aromatic heterocycles. The molecular weight excluding hydrogens is 184 g/mol. The third kappa shape index (κ3) is 7.34. The number of carbonyl (C=O) groups is 2. The van der Waals surface area contributed by atoms with E-state index in [1.807, 2.05) is 6.92 Å². The lowest BCUT2D eigenvalue weighted by Crippen LogP contribution is -2.16. The minimum absolute atomic E-state index is 0. The topological polar surface area (TPSA) is 63.6 Å². The molecule has 0 aliphatic heterocycles. The average Bonchev–Trinajstić information content (AvgIpc) is 1.85. The van der Waals surface area contributed by atoms with Crippen molar-refractivity contribution in [3.8, 4) is 0 Å². The fourth-order valence-electron chi connectivity index (χ4n) is 0.473. The molecule has 1 unspecified atom stereocenters. The van der Waals surface area contributed by atoms with Gasteiger partial charge in [0.2, 0.25) is 0 Å². The van der Waals surface area contributed by atoms with Gasteiger partial charge in [-0.2, -0.15) is 0 Å². The van der Waals surface area contributed by atoms with Crippen LogP contribution in [0.2, 0.25) is 0 Å². The minimum atomic E-state index is -1.15. The third-order valence-corrected chi connectivity index (χ3v) is 1.20. The summed E-state index contributed by atoms with van der Waals surface area (Å²) in [5.74, 6) is -1.83. The highest BCUT2D eigenvalue weighted by atomic mass is 35.5. The Labute approximate surface area is 77.3 Å². The molecule has 0 rings (SSSR count). The Morgan fingerprint density at radius 2 is 2.00 bits per heavy atom. The highest BCUT2D eigenvalue weighted by Crippen LogP contribution is 1.98. The van der Waals surface area contributed by atoms with E-state index in [9.17, 15) is 9.59 Å². The van der Waals surface area contributed by atoms with Gasteiger partial charge >= 0.3 is 11.9 Å². The summed E-state index contributed by atoms with van der Waals surface area (Å²) in [5.41, 5.74) is 0. The molecule has 0 amide bonds. The summed E-state index contributed by atoms with van der Waals surface area (Å²) in [6, 6.07) is 0. The summed E-state index contributed by atoms with van der Waals surface area (Å²) < 4.78 is 4.69. The maximum Gasteiger partial charge on any atom is 0.317 e. The Balaban J connectivity index is 0. The second kappa shape index (κ2) is 6.91. The zero-order chi connectivity index (χ0) is 8.85. The summed E-state index contributed by atoms with van der Waals surface area (Å²) in [6.45, 7) is 3.58. The molecule has 0 aromatic rings. The highest BCUT2D eigenvalue weighted by molar-refractivity contribution is 5.90. The Morgan fingerprint density at radius 1 is 1.50 bits per heavy atom. The SMILES string of the molecule is CCC(C)OC(=O)CC(=O)O.Cl. The Morgan fingerprint density at radius 3 is 2.33 bits per heavy atom. The number of carboxylic acids is 1. The van der Waals surface area contributed by atoms with Crippen molar-refractivity contribution in [1.82, 2.24) is 0 Å². The van der Waals surface area contributed by atoms with Gasteiger partial charge in [-0.25, -0.2) is 0 Å². The van der Waals surface area contributed by atoms with Crippen molar-refractivity contribution in [2.45, 2.75) is 32.8 Å². The van der Waals surface area contributed by atoms with Gasteiger partial charge in [0.1, 0.15) is 6.42 Å². The molecule has 0 saturated heterocycles. The summed E-state index contributed by atoms with van der Waals surface area (Å²) in [7, 11) is 0. The predicted molar refractivity (Wildman–Crippen MR) is 45.3 cm³/mol. The van der Waals surface area contributed by atoms with Crippen LogP contribution in [0.1, 0.15) is 26.7 Å². The number of rotatable bonds is 4. The van der Waals surface area contributed by atoms with E-state index in [4.69, 9.17) is 9.84 Å². The van der Waals surface area contributed by atoms with E-state index in [1.54, 1.807) is 6.92 Å². The quantitative estimate of drug-likeness (QED) is 0.543. The van der Waals surface area contributed by atoms with Crippen molar-refractivity contribution in [3.05, 3.63) is 0 Å². The number of aliphatic carboxylic acids is 1. The zero-order valence-corrected chi connectivity index (χ0v) is 7.89. The molecule has 4 nitrogen and oxygen atoms in total. The Bertz CT molecular complexity index is 157. The number of ether oxygens (including phenoxy) is 1. The van der Waals surface area contributed by atoms with Crippen LogP contribution in [-0.2, 0) is 14.3 Å². The minimum Gasteiger partial charge on any atom is -0.481 e. The van der Waals surface area contributed by atoms with Gasteiger partial charge in [-0.15, -0.1) is 12.4 Å². The van der Waals surface area contributed by atoms with Crippen LogP contribution in [0.15, 0.2) is 0 Å². The first-order valence-corrected chi connectivity index (χ1v) is 3.47. The molecule has 0 spiro atoms. The number of halogens is 1. The van der Waals surface area contributed by atoms with Crippen LogP contribution in [0.25, 0.3) is 0 Å². The number of hydrogen-bond donors (Lipinski definition) is 1. The van der Waals surface area contributed by atoms with Gasteiger partial charge in [0.05, 0.1) is 6.10 Å². The van der Waals surface area contributed by atoms with Gasteiger partial charge in [0, 0.05) is 0 Å². The van der Waals surface area contributed by atoms with Gasteiger partial charge in [-0.05, 0) is 13.3 Å². The molecule has 0 aliphatic carbocycles. The van der Waals surface area contributed by atoms with Gasteiger partial charge < -0.3 is 9.84 Å². The maximum atomic E-state index is 10.6. The Kier molecular flexibility index (Phi) is 7.94. The fraction of sp³-hybridized carbons (Fsp3) is 0.714. The first-order chi connectivity index (χ1) is 5.06. The van der Waals surface area contributed by atoms with E-state index in [0.717, 1.165) is 0 Å². The second-order valence-corrected chi connectivity index (χ2v) is 2.28. The van der Waals surface area contributed by atoms with Crippen molar-refractivity contribution in [1.29, 1.82) is 0 Å². The molecule has 72 valence electrons. The van der Waals surface area contributed by atoms with Gasteiger partial charge in [0.25, 0.3) is 0 Å². The molecule has 0 fully saturated rings. The molecule has 0 aromatic carbocycles. The van der Waals surface area contributed by atoms with Crippen molar-refractivity contribution in [2.75, 3.05) is 0 Å². The van der Waals surface area contributed by atoms with Crippen molar-refractivity contribution in [2.24, 2.45) is 0 Å². The van der Waals surface area contributed by atoms with Crippen molar-refractivity contribution in [3.63, 3.8) is 0 Å². The van der Waals surface area contributed by atoms with Crippen LogP contribution in [0.4, 0.5) is 0 Å². The summed E-state index contributed by atoms with van der Waals surface area (Å²) >= 11 is 0. The molecule has 0 aliphatic rings. The number of carboxylic acid groups (broad SMARTS) is 1. The molecule has 5 heteroatoms. The lowest BCUT2D eigenvalue weighted by molar-refractivity contribution is -0.154. The third-order valence-electron chi connectivity index (χ3n) is 1.20. The molecule has 0 heterocycles. The van der Waals surface area contributed by atoms with Gasteiger partial charge in [0.15, 0.2) is 0 Å². The van der Waals surface area contributed by atoms with E-state index in [1.165, 1.54) is 0 Å². The number of hydrogen-bond acceptors (Lipinski definition) is 3. The first kappa shape index (κ1) is 13.8. The average molecular weight is 197 g/mol. The highest BCUT2D eigenvalue weighted by Gasteiger charge is 2.11. The second-order valence-electron chi connectivity index (χ2n) is 2.28. The van der Waals surface area contributed by atoms with Crippen LogP contribution < -0.4 is 0 Å². The summed E-state index contributed by atoms with van der Waals surface area (Å²) in [5, 5.41) is 8.17. The molecule has 0 radical (unpaired) electrons. The van der Waals surface area contributed by atoms with E-state index in [0.29, 0.717) is 6.42 Å². The van der Waals surface area contributed by atoms with E-state index < -0.39 is 18.4 Å². The van der Waals surface area contributed by atoms with Crippen molar-refractivity contribution >= 4 is 24.3 Å². The largest absolute Gasteiger partial charge is 0.481 e. The molecule has 1 atom stereocenters. The molecule has 0 saturated carbocycles. The maximum absolute atomic E-state index is 10.6. The lowest BCUT2D eigenvalue weighted by atomic mass is 10.3. The van der Waals surface area contributed by atoms with Crippen LogP contribution >= 0.6 is 12.4 Å². The Hall–Kier alpha value is -0.770. The zero-order valence-electron chi connectivity index (χ0n) is 7.07. The van der Waals surface area contributed by atoms with Crippen LogP contribution in [-0.4, -0.2) is 23.1 Å². The lowest BCUT2D eigenvalue weighted by Gasteiger charge is -2.08. The molecular formula is C7H13ClO4. The van der Waals surface area contributed by atoms with Crippen molar-refractivity contribution < 1.29 is 19.4 Å². The number of esters is 1. The molecule has 0 bridgehead atoms.